The minimum Gasteiger partial charge on any atom is -1.00 e. The number of aliphatic hydroxyl groups is 1. The van der Waals surface area contributed by atoms with Crippen molar-refractivity contribution in [2.45, 2.75) is 6.10 Å². The standard InChI is InChI=1S/C9H11N3O3.ClH/c10-12-5-11-4-9(15)6-1-2-7(13)8(14)3-6;/h1-3,9-11,15H,4-5H2;1H. The Bertz CT molecular complexity index is 381. The maximum absolute atomic E-state index is 9.58. The zero-order valence-corrected chi connectivity index (χ0v) is 9.09. The Hall–Kier alpha value is -1.55. The lowest BCUT2D eigenvalue weighted by Gasteiger charge is -2.10. The molecule has 7 heteroatoms. The summed E-state index contributed by atoms with van der Waals surface area (Å²) in [7, 11) is 0. The molecular formula is C9H12ClN3O3. The van der Waals surface area contributed by atoms with Crippen LogP contribution in [0.25, 0.3) is 4.98 Å². The number of hydrogen-bond acceptors (Lipinski definition) is 5. The zero-order chi connectivity index (χ0) is 11.3. The highest BCUT2D eigenvalue weighted by atomic mass is 35.5. The number of halogens is 1. The molecule has 0 saturated carbocycles. The Morgan fingerprint density at radius 2 is 2.00 bits per heavy atom. The molecule has 0 aromatic heterocycles. The lowest BCUT2D eigenvalue weighted by molar-refractivity contribution is -0.00000676. The van der Waals surface area contributed by atoms with Crippen LogP contribution in [-0.4, -0.2) is 28.5 Å². The predicted octanol–water partition coefficient (Wildman–Crippen LogP) is -2.46. The molecule has 6 nitrogen and oxygen atoms in total. The molecule has 0 aliphatic rings. The number of aromatic hydroxyl groups is 2. The van der Waals surface area contributed by atoms with Gasteiger partial charge in [0.1, 0.15) is 4.98 Å². The lowest BCUT2D eigenvalue weighted by atomic mass is 10.1. The van der Waals surface area contributed by atoms with Crippen molar-refractivity contribution in [1.82, 2.24) is 5.32 Å². The van der Waals surface area contributed by atoms with Crippen molar-refractivity contribution in [3.8, 4) is 11.5 Å². The molecule has 0 spiro atoms. The molecule has 0 saturated heterocycles. The van der Waals surface area contributed by atoms with Gasteiger partial charge in [0.15, 0.2) is 11.5 Å². The van der Waals surface area contributed by atoms with E-state index in [0.717, 1.165) is 0 Å². The van der Waals surface area contributed by atoms with Gasteiger partial charge >= 0.3 is 6.67 Å². The van der Waals surface area contributed by atoms with Crippen LogP contribution in [-0.2, 0) is 0 Å². The SMILES string of the molecule is N#[N+]CNCC(O)c1ccc(O)c(O)c1.[Cl-]. The molecule has 0 radical (unpaired) electrons. The minimum absolute atomic E-state index is 0. The molecule has 0 heterocycles. The van der Waals surface area contributed by atoms with E-state index >= 15 is 0 Å². The summed E-state index contributed by atoms with van der Waals surface area (Å²) in [6.07, 6.45) is -0.835. The summed E-state index contributed by atoms with van der Waals surface area (Å²) in [5.74, 6) is -0.511. The van der Waals surface area contributed by atoms with Crippen molar-refractivity contribution in [3.63, 3.8) is 0 Å². The first-order chi connectivity index (χ1) is 7.15. The molecule has 1 atom stereocenters. The van der Waals surface area contributed by atoms with Gasteiger partial charge in [0.2, 0.25) is 5.39 Å². The fourth-order valence-electron chi connectivity index (χ4n) is 1.12. The van der Waals surface area contributed by atoms with E-state index in [1.54, 1.807) is 0 Å². The van der Waals surface area contributed by atoms with E-state index in [0.29, 0.717) is 5.56 Å². The highest BCUT2D eigenvalue weighted by Gasteiger charge is 2.10. The zero-order valence-electron chi connectivity index (χ0n) is 8.34. The Morgan fingerprint density at radius 3 is 2.56 bits per heavy atom. The van der Waals surface area contributed by atoms with Crippen molar-refractivity contribution in [3.05, 3.63) is 28.7 Å². The van der Waals surface area contributed by atoms with Gasteiger partial charge in [-0.1, -0.05) is 6.07 Å². The van der Waals surface area contributed by atoms with Gasteiger partial charge in [-0.15, -0.1) is 0 Å². The fourth-order valence-corrected chi connectivity index (χ4v) is 1.12. The highest BCUT2D eigenvalue weighted by Crippen LogP contribution is 2.27. The molecule has 1 rings (SSSR count). The topological polar surface area (TPSA) is 101 Å². The molecule has 88 valence electrons. The first-order valence-electron chi connectivity index (χ1n) is 4.36. The number of phenols is 2. The summed E-state index contributed by atoms with van der Waals surface area (Å²) in [5.41, 5.74) is 0.468. The third-order valence-corrected chi connectivity index (χ3v) is 1.90. The average molecular weight is 246 g/mol. The van der Waals surface area contributed by atoms with Crippen molar-refractivity contribution < 1.29 is 27.7 Å². The van der Waals surface area contributed by atoms with Gasteiger partial charge in [-0.2, -0.15) is 0 Å². The van der Waals surface area contributed by atoms with Crippen molar-refractivity contribution in [1.29, 1.82) is 5.39 Å². The second-order valence-corrected chi connectivity index (χ2v) is 3.02. The number of aliphatic hydroxyl groups excluding tert-OH is 1. The van der Waals surface area contributed by atoms with E-state index in [1.165, 1.54) is 18.2 Å². The van der Waals surface area contributed by atoms with Gasteiger partial charge in [-0.3, -0.25) is 0 Å². The number of nitrogens with zero attached hydrogens (tertiary/aromatic N) is 2. The van der Waals surface area contributed by atoms with E-state index in [-0.39, 0.29) is 37.1 Å². The van der Waals surface area contributed by atoms with Crippen molar-refractivity contribution >= 4 is 0 Å². The molecule has 0 aliphatic heterocycles. The normalized spacial score (nSPS) is 11.2. The quantitative estimate of drug-likeness (QED) is 0.268. The predicted molar refractivity (Wildman–Crippen MR) is 52.7 cm³/mol. The third-order valence-electron chi connectivity index (χ3n) is 1.90. The Morgan fingerprint density at radius 1 is 1.31 bits per heavy atom. The highest BCUT2D eigenvalue weighted by molar-refractivity contribution is 5.41. The third kappa shape index (κ3) is 3.90. The van der Waals surface area contributed by atoms with Gasteiger partial charge in [-0.05, 0) is 17.7 Å². The van der Waals surface area contributed by atoms with Crippen LogP contribution in [0.4, 0.5) is 0 Å². The van der Waals surface area contributed by atoms with Gasteiger partial charge < -0.3 is 27.7 Å². The van der Waals surface area contributed by atoms with Gasteiger partial charge in [-0.25, -0.2) is 5.32 Å². The van der Waals surface area contributed by atoms with Crippen LogP contribution in [0.15, 0.2) is 18.2 Å². The average Bonchev–Trinajstić information content (AvgIpc) is 2.22. The molecule has 1 unspecified atom stereocenters. The van der Waals surface area contributed by atoms with Crippen LogP contribution < -0.4 is 17.7 Å². The number of rotatable bonds is 4. The van der Waals surface area contributed by atoms with Gasteiger partial charge in [0.05, 0.1) is 6.10 Å². The number of phenolic OH excluding ortho intramolecular Hbond substituents is 2. The molecule has 0 bridgehead atoms. The number of benzene rings is 1. The van der Waals surface area contributed by atoms with Crippen LogP contribution in [0.3, 0.4) is 0 Å². The number of diazo groups is 1. The summed E-state index contributed by atoms with van der Waals surface area (Å²) < 4.78 is 0. The van der Waals surface area contributed by atoms with Gasteiger partial charge in [0, 0.05) is 6.54 Å². The molecule has 0 aliphatic carbocycles. The van der Waals surface area contributed by atoms with E-state index < -0.39 is 6.10 Å². The minimum atomic E-state index is -0.835. The maximum Gasteiger partial charge on any atom is 0.360 e. The number of nitrogens with one attached hydrogen (secondary N) is 1. The van der Waals surface area contributed by atoms with E-state index in [4.69, 9.17) is 10.5 Å². The molecule has 0 amide bonds. The Labute approximate surface area is 98.6 Å². The first kappa shape index (κ1) is 14.5. The summed E-state index contributed by atoms with van der Waals surface area (Å²) in [5, 5.41) is 38.6. The fraction of sp³-hybridized carbons (Fsp3) is 0.333. The molecular weight excluding hydrogens is 234 g/mol. The monoisotopic (exact) mass is 245 g/mol. The van der Waals surface area contributed by atoms with E-state index in [1.807, 2.05) is 0 Å². The van der Waals surface area contributed by atoms with Gasteiger partial charge in [0.25, 0.3) is 0 Å². The van der Waals surface area contributed by atoms with E-state index in [9.17, 15) is 10.2 Å². The summed E-state index contributed by atoms with van der Waals surface area (Å²) in [4.78, 5) is 2.82. The van der Waals surface area contributed by atoms with Crippen LogP contribution in [0.5, 0.6) is 11.5 Å². The smallest absolute Gasteiger partial charge is 0.360 e. The molecule has 4 N–H and O–H groups in total. The Kier molecular flexibility index (Phi) is 6.18. The molecule has 0 fully saturated rings. The second-order valence-electron chi connectivity index (χ2n) is 3.02. The first-order valence-corrected chi connectivity index (χ1v) is 4.36. The Balaban J connectivity index is 0.00000225. The maximum atomic E-state index is 9.58. The van der Waals surface area contributed by atoms with Crippen LogP contribution in [0.1, 0.15) is 11.7 Å². The van der Waals surface area contributed by atoms with Crippen LogP contribution in [0, 0.1) is 5.39 Å². The summed E-state index contributed by atoms with van der Waals surface area (Å²) in [6.45, 7) is 0.218. The largest absolute Gasteiger partial charge is 1.00 e. The van der Waals surface area contributed by atoms with E-state index in [2.05, 4.69) is 10.3 Å². The van der Waals surface area contributed by atoms with Crippen LogP contribution >= 0.6 is 0 Å². The molecule has 1 aromatic rings. The van der Waals surface area contributed by atoms with Crippen LogP contribution in [0.2, 0.25) is 0 Å². The second kappa shape index (κ2) is 6.85. The summed E-state index contributed by atoms with van der Waals surface area (Å²) in [6, 6.07) is 4.07. The van der Waals surface area contributed by atoms with Crippen molar-refractivity contribution in [2.24, 2.45) is 0 Å². The van der Waals surface area contributed by atoms with Crippen molar-refractivity contribution in [2.75, 3.05) is 13.2 Å². The lowest BCUT2D eigenvalue weighted by Crippen LogP contribution is -3.00. The molecule has 1 aromatic carbocycles. The summed E-state index contributed by atoms with van der Waals surface area (Å²) >= 11 is 0. The number of hydrogen-bond donors (Lipinski definition) is 4. The molecule has 16 heavy (non-hydrogen) atoms.